The molecular weight excluding hydrogens is 258 g/mol. The lowest BCUT2D eigenvalue weighted by Gasteiger charge is -2.20. The summed E-state index contributed by atoms with van der Waals surface area (Å²) in [6.07, 6.45) is 2.99. The molecule has 0 unspecified atom stereocenters. The van der Waals surface area contributed by atoms with Crippen LogP contribution in [-0.2, 0) is 11.2 Å². The van der Waals surface area contributed by atoms with E-state index in [9.17, 15) is 9.59 Å². The molecule has 0 fully saturated rings. The number of carboxylic acid groups (broad SMARTS) is 1. The monoisotopic (exact) mass is 279 g/mol. The summed E-state index contributed by atoms with van der Waals surface area (Å²) in [4.78, 5) is 26.9. The molecule has 0 radical (unpaired) electrons. The van der Waals surface area contributed by atoms with E-state index in [2.05, 4.69) is 15.6 Å². The maximum Gasteiger partial charge on any atom is 0.326 e. The summed E-state index contributed by atoms with van der Waals surface area (Å²) in [5.74, 6) is -1.13. The molecule has 2 amide bonds. The molecule has 0 aliphatic carbocycles. The highest BCUT2D eigenvalue weighted by atomic mass is 16.4. The lowest BCUT2D eigenvalue weighted by Crippen LogP contribution is -2.49. The largest absolute Gasteiger partial charge is 0.480 e. The van der Waals surface area contributed by atoms with Crippen molar-refractivity contribution in [2.45, 2.75) is 32.7 Å². The van der Waals surface area contributed by atoms with E-state index < -0.39 is 18.0 Å². The summed E-state index contributed by atoms with van der Waals surface area (Å²) < 4.78 is 0. The lowest BCUT2D eigenvalue weighted by atomic mass is 9.99. The molecule has 0 spiro atoms. The number of carbonyl (C=O) groups excluding carboxylic acids is 1. The fourth-order valence-electron chi connectivity index (χ4n) is 1.73. The number of hydrogen-bond donors (Lipinski definition) is 3. The van der Waals surface area contributed by atoms with E-state index in [1.165, 1.54) is 0 Å². The van der Waals surface area contributed by atoms with Crippen LogP contribution >= 0.6 is 0 Å². The van der Waals surface area contributed by atoms with E-state index in [0.29, 0.717) is 19.4 Å². The van der Waals surface area contributed by atoms with Gasteiger partial charge in [0.1, 0.15) is 6.04 Å². The molecule has 20 heavy (non-hydrogen) atoms. The summed E-state index contributed by atoms with van der Waals surface area (Å²) in [6.45, 7) is 4.10. The van der Waals surface area contributed by atoms with Crippen LogP contribution < -0.4 is 10.6 Å². The Morgan fingerprint density at radius 3 is 2.70 bits per heavy atom. The number of aromatic nitrogens is 1. The number of rotatable bonds is 7. The summed E-state index contributed by atoms with van der Waals surface area (Å²) in [7, 11) is 0. The minimum Gasteiger partial charge on any atom is -0.480 e. The number of hydrogen-bond acceptors (Lipinski definition) is 3. The second kappa shape index (κ2) is 8.14. The zero-order valence-corrected chi connectivity index (χ0v) is 11.8. The van der Waals surface area contributed by atoms with Crippen molar-refractivity contribution in [3.63, 3.8) is 0 Å². The third kappa shape index (κ3) is 5.26. The van der Waals surface area contributed by atoms with Crippen molar-refractivity contribution in [3.8, 4) is 0 Å². The first kappa shape index (κ1) is 15.9. The van der Waals surface area contributed by atoms with Crippen molar-refractivity contribution in [1.29, 1.82) is 0 Å². The Morgan fingerprint density at radius 2 is 2.15 bits per heavy atom. The molecule has 0 saturated carbocycles. The highest BCUT2D eigenvalue weighted by molar-refractivity contribution is 5.82. The SMILES string of the molecule is CC[C@H](C)[C@H](NC(=O)NCCc1ccccn1)C(=O)O. The Bertz CT molecular complexity index is 437. The second-order valence-corrected chi connectivity index (χ2v) is 4.67. The Labute approximate surface area is 118 Å². The van der Waals surface area contributed by atoms with Gasteiger partial charge in [-0.05, 0) is 18.1 Å². The predicted octanol–water partition coefficient (Wildman–Crippen LogP) is 1.42. The number of urea groups is 1. The highest BCUT2D eigenvalue weighted by Crippen LogP contribution is 2.07. The number of carboxylic acids is 1. The minimum absolute atomic E-state index is 0.117. The number of carbonyl (C=O) groups is 2. The Kier molecular flexibility index (Phi) is 6.49. The highest BCUT2D eigenvalue weighted by Gasteiger charge is 2.24. The molecular formula is C14H21N3O3. The van der Waals surface area contributed by atoms with E-state index in [0.717, 1.165) is 5.69 Å². The average Bonchev–Trinajstić information content (AvgIpc) is 2.45. The van der Waals surface area contributed by atoms with Gasteiger partial charge in [0, 0.05) is 24.9 Å². The van der Waals surface area contributed by atoms with Gasteiger partial charge in [-0.3, -0.25) is 4.98 Å². The van der Waals surface area contributed by atoms with Gasteiger partial charge in [-0.15, -0.1) is 0 Å². The molecule has 0 aliphatic rings. The Hall–Kier alpha value is -2.11. The van der Waals surface area contributed by atoms with Crippen LogP contribution in [0, 0.1) is 5.92 Å². The zero-order valence-electron chi connectivity index (χ0n) is 11.8. The molecule has 2 atom stereocenters. The topological polar surface area (TPSA) is 91.3 Å². The van der Waals surface area contributed by atoms with Gasteiger partial charge in [0.05, 0.1) is 0 Å². The maximum atomic E-state index is 11.7. The van der Waals surface area contributed by atoms with Crippen molar-refractivity contribution in [2.24, 2.45) is 5.92 Å². The molecule has 110 valence electrons. The number of pyridine rings is 1. The fraction of sp³-hybridized carbons (Fsp3) is 0.500. The van der Waals surface area contributed by atoms with Gasteiger partial charge in [0.25, 0.3) is 0 Å². The molecule has 1 heterocycles. The van der Waals surface area contributed by atoms with Crippen LogP contribution in [0.15, 0.2) is 24.4 Å². The van der Waals surface area contributed by atoms with Crippen LogP contribution in [-0.4, -0.2) is 34.7 Å². The molecule has 3 N–H and O–H groups in total. The van der Waals surface area contributed by atoms with Gasteiger partial charge in [-0.25, -0.2) is 9.59 Å². The lowest BCUT2D eigenvalue weighted by molar-refractivity contribution is -0.140. The first-order chi connectivity index (χ1) is 9.54. The third-order valence-electron chi connectivity index (χ3n) is 3.16. The number of aliphatic carboxylic acids is 1. The van der Waals surface area contributed by atoms with Crippen LogP contribution in [0.4, 0.5) is 4.79 Å². The Balaban J connectivity index is 2.37. The zero-order chi connectivity index (χ0) is 15.0. The fourth-order valence-corrected chi connectivity index (χ4v) is 1.73. The van der Waals surface area contributed by atoms with Crippen molar-refractivity contribution in [2.75, 3.05) is 6.54 Å². The smallest absolute Gasteiger partial charge is 0.326 e. The first-order valence-electron chi connectivity index (χ1n) is 6.71. The number of amides is 2. The number of nitrogens with one attached hydrogen (secondary N) is 2. The standard InChI is InChI=1S/C14H21N3O3/c1-3-10(2)12(13(18)19)17-14(20)16-9-7-11-6-4-5-8-15-11/h4-6,8,10,12H,3,7,9H2,1-2H3,(H,18,19)(H2,16,17,20)/t10-,12-/m0/s1. The summed E-state index contributed by atoms with van der Waals surface area (Å²) in [5.41, 5.74) is 0.879. The van der Waals surface area contributed by atoms with E-state index in [1.54, 1.807) is 13.1 Å². The molecule has 1 rings (SSSR count). The van der Waals surface area contributed by atoms with Gasteiger partial charge in [0.15, 0.2) is 0 Å². The molecule has 0 bridgehead atoms. The van der Waals surface area contributed by atoms with Crippen LogP contribution in [0.5, 0.6) is 0 Å². The number of nitrogens with zero attached hydrogens (tertiary/aromatic N) is 1. The average molecular weight is 279 g/mol. The van der Waals surface area contributed by atoms with E-state index in [1.807, 2.05) is 25.1 Å². The Morgan fingerprint density at radius 1 is 1.40 bits per heavy atom. The van der Waals surface area contributed by atoms with Crippen molar-refractivity contribution >= 4 is 12.0 Å². The van der Waals surface area contributed by atoms with Crippen molar-refractivity contribution in [1.82, 2.24) is 15.6 Å². The van der Waals surface area contributed by atoms with Gasteiger partial charge in [-0.1, -0.05) is 26.3 Å². The molecule has 6 heteroatoms. The predicted molar refractivity (Wildman–Crippen MR) is 75.4 cm³/mol. The van der Waals surface area contributed by atoms with Crippen LogP contribution in [0.2, 0.25) is 0 Å². The molecule has 6 nitrogen and oxygen atoms in total. The third-order valence-corrected chi connectivity index (χ3v) is 3.16. The van der Waals surface area contributed by atoms with E-state index >= 15 is 0 Å². The quantitative estimate of drug-likeness (QED) is 0.704. The molecule has 1 aromatic heterocycles. The van der Waals surface area contributed by atoms with Crippen LogP contribution in [0.25, 0.3) is 0 Å². The minimum atomic E-state index is -1.01. The normalized spacial score (nSPS) is 13.3. The molecule has 0 aromatic carbocycles. The van der Waals surface area contributed by atoms with E-state index in [4.69, 9.17) is 5.11 Å². The molecule has 1 aromatic rings. The van der Waals surface area contributed by atoms with Gasteiger partial charge < -0.3 is 15.7 Å². The second-order valence-electron chi connectivity index (χ2n) is 4.67. The van der Waals surface area contributed by atoms with Crippen molar-refractivity contribution in [3.05, 3.63) is 30.1 Å². The van der Waals surface area contributed by atoms with Gasteiger partial charge in [-0.2, -0.15) is 0 Å². The maximum absolute atomic E-state index is 11.7. The van der Waals surface area contributed by atoms with E-state index in [-0.39, 0.29) is 5.92 Å². The summed E-state index contributed by atoms with van der Waals surface area (Å²) in [5, 5.41) is 14.2. The van der Waals surface area contributed by atoms with Crippen molar-refractivity contribution < 1.29 is 14.7 Å². The first-order valence-corrected chi connectivity index (χ1v) is 6.71. The van der Waals surface area contributed by atoms with Gasteiger partial charge in [0.2, 0.25) is 0 Å². The van der Waals surface area contributed by atoms with Gasteiger partial charge >= 0.3 is 12.0 Å². The van der Waals surface area contributed by atoms with Crippen LogP contribution in [0.3, 0.4) is 0 Å². The molecule has 0 aliphatic heterocycles. The summed E-state index contributed by atoms with van der Waals surface area (Å²) in [6, 6.07) is 4.25. The molecule has 0 saturated heterocycles. The summed E-state index contributed by atoms with van der Waals surface area (Å²) >= 11 is 0. The van der Waals surface area contributed by atoms with Crippen LogP contribution in [0.1, 0.15) is 26.0 Å².